The summed E-state index contributed by atoms with van der Waals surface area (Å²) in [5.74, 6) is 1.37. The fourth-order valence-corrected chi connectivity index (χ4v) is 4.59. The summed E-state index contributed by atoms with van der Waals surface area (Å²) in [6.45, 7) is 4.63. The Bertz CT molecular complexity index is 1170. The van der Waals surface area contributed by atoms with E-state index < -0.39 is 0 Å². The number of hydrazone groups is 1. The van der Waals surface area contributed by atoms with Gasteiger partial charge in [-0.15, -0.1) is 22.7 Å². The number of hydrogen-bond donors (Lipinski definition) is 1. The minimum atomic E-state index is 0.488. The average Bonchev–Trinajstić information content (AvgIpc) is 3.43. The number of nitrogens with one attached hydrogen (secondary N) is 1. The molecule has 0 aliphatic rings. The predicted molar refractivity (Wildman–Crippen MR) is 130 cm³/mol. The van der Waals surface area contributed by atoms with Crippen LogP contribution in [0.3, 0.4) is 0 Å². The molecule has 4 aromatic rings. The molecule has 31 heavy (non-hydrogen) atoms. The van der Waals surface area contributed by atoms with E-state index in [0.717, 1.165) is 31.7 Å². The largest absolute Gasteiger partial charge is 0.493 e. The molecule has 1 N–H and O–H groups in total. The van der Waals surface area contributed by atoms with Crippen molar-refractivity contribution in [2.45, 2.75) is 20.5 Å². The summed E-state index contributed by atoms with van der Waals surface area (Å²) < 4.78 is 11.4. The fourth-order valence-electron chi connectivity index (χ4n) is 2.98. The lowest BCUT2D eigenvalue weighted by atomic mass is 10.2. The lowest BCUT2D eigenvalue weighted by molar-refractivity contribution is 0.284. The molecule has 0 amide bonds. The first kappa shape index (κ1) is 21.1. The number of thiophene rings is 1. The molecule has 4 rings (SSSR count). The minimum Gasteiger partial charge on any atom is -0.493 e. The quantitative estimate of drug-likeness (QED) is 0.246. The molecule has 2 heterocycles. The van der Waals surface area contributed by atoms with Gasteiger partial charge >= 0.3 is 0 Å². The van der Waals surface area contributed by atoms with Gasteiger partial charge in [-0.2, -0.15) is 5.10 Å². The predicted octanol–water partition coefficient (Wildman–Crippen LogP) is 6.52. The molecule has 0 radical (unpaired) electrons. The zero-order chi connectivity index (χ0) is 21.6. The number of nitrogens with zero attached hydrogens (tertiary/aromatic N) is 2. The lowest BCUT2D eigenvalue weighted by Crippen LogP contribution is -1.98. The van der Waals surface area contributed by atoms with E-state index >= 15 is 0 Å². The molecule has 158 valence electrons. The van der Waals surface area contributed by atoms with Crippen molar-refractivity contribution in [1.82, 2.24) is 4.98 Å². The van der Waals surface area contributed by atoms with Gasteiger partial charge < -0.3 is 9.47 Å². The smallest absolute Gasteiger partial charge is 0.204 e. The summed E-state index contributed by atoms with van der Waals surface area (Å²) in [7, 11) is 1.64. The highest BCUT2D eigenvalue weighted by atomic mass is 32.1. The molecule has 0 atom stereocenters. The van der Waals surface area contributed by atoms with Gasteiger partial charge in [-0.25, -0.2) is 4.98 Å². The third kappa shape index (κ3) is 5.31. The molecule has 2 aromatic heterocycles. The van der Waals surface area contributed by atoms with Gasteiger partial charge in [0.15, 0.2) is 11.5 Å². The molecule has 0 unspecified atom stereocenters. The van der Waals surface area contributed by atoms with E-state index in [2.05, 4.69) is 65.1 Å². The van der Waals surface area contributed by atoms with Crippen molar-refractivity contribution in [3.8, 4) is 22.1 Å². The van der Waals surface area contributed by atoms with Gasteiger partial charge in [-0.1, -0.05) is 35.9 Å². The van der Waals surface area contributed by atoms with E-state index in [9.17, 15) is 0 Å². The van der Waals surface area contributed by atoms with E-state index in [1.807, 2.05) is 24.3 Å². The van der Waals surface area contributed by atoms with Crippen molar-refractivity contribution in [2.24, 2.45) is 5.10 Å². The Balaban J connectivity index is 1.40. The van der Waals surface area contributed by atoms with Gasteiger partial charge in [0.25, 0.3) is 0 Å². The van der Waals surface area contributed by atoms with Crippen LogP contribution >= 0.6 is 22.7 Å². The van der Waals surface area contributed by atoms with E-state index in [1.165, 1.54) is 5.56 Å². The normalized spacial score (nSPS) is 11.1. The first-order valence-corrected chi connectivity index (χ1v) is 11.5. The Hall–Kier alpha value is -3.16. The van der Waals surface area contributed by atoms with E-state index in [0.29, 0.717) is 18.1 Å². The highest BCUT2D eigenvalue weighted by Crippen LogP contribution is 2.33. The summed E-state index contributed by atoms with van der Waals surface area (Å²) >= 11 is 3.27. The fraction of sp³-hybridized carbons (Fsp3) is 0.167. The van der Waals surface area contributed by atoms with Crippen LogP contribution in [-0.4, -0.2) is 18.3 Å². The third-order valence-corrected chi connectivity index (χ3v) is 6.38. The third-order valence-electron chi connectivity index (χ3n) is 4.63. The lowest BCUT2D eigenvalue weighted by Gasteiger charge is -2.11. The van der Waals surface area contributed by atoms with Crippen molar-refractivity contribution < 1.29 is 9.47 Å². The van der Waals surface area contributed by atoms with Crippen LogP contribution in [0.2, 0.25) is 0 Å². The first-order chi connectivity index (χ1) is 15.1. The van der Waals surface area contributed by atoms with Crippen LogP contribution in [0.15, 0.2) is 65.1 Å². The molecule has 0 spiro atoms. The number of aromatic nitrogens is 1. The summed E-state index contributed by atoms with van der Waals surface area (Å²) in [6.07, 6.45) is 1.74. The Labute approximate surface area is 190 Å². The standard InChI is InChI=1S/C24H23N3O2S2/c1-16-6-8-18(9-7-16)15-29-20-11-10-19(13-21(20)28-3)14-25-27-24-26-23(17(2)31-24)22-5-4-12-30-22/h4-14H,15H2,1-3H3,(H,26,27)/b25-14-. The molecule has 0 bridgehead atoms. The van der Waals surface area contributed by atoms with Gasteiger partial charge in [-0.05, 0) is 54.6 Å². The zero-order valence-electron chi connectivity index (χ0n) is 17.6. The first-order valence-electron chi connectivity index (χ1n) is 9.79. The summed E-state index contributed by atoms with van der Waals surface area (Å²) in [5, 5.41) is 7.16. The van der Waals surface area contributed by atoms with Crippen molar-refractivity contribution in [1.29, 1.82) is 0 Å². The molecule has 0 aliphatic heterocycles. The highest BCUT2D eigenvalue weighted by molar-refractivity contribution is 7.17. The molecule has 5 nitrogen and oxygen atoms in total. The molecule has 0 aliphatic carbocycles. The molecule has 0 fully saturated rings. The van der Waals surface area contributed by atoms with Crippen molar-refractivity contribution in [3.05, 3.63) is 81.5 Å². The SMILES string of the molecule is COc1cc(/C=N\Nc2nc(-c3cccs3)c(C)s2)ccc1OCc1ccc(C)cc1. The number of methoxy groups -OCH3 is 1. The second-order valence-corrected chi connectivity index (χ2v) is 9.11. The molecule has 0 saturated heterocycles. The maximum Gasteiger partial charge on any atom is 0.204 e. The van der Waals surface area contributed by atoms with Crippen LogP contribution in [-0.2, 0) is 6.61 Å². The number of anilines is 1. The van der Waals surface area contributed by atoms with Crippen molar-refractivity contribution >= 4 is 34.0 Å². The maximum absolute atomic E-state index is 5.94. The Morgan fingerprint density at radius 2 is 1.90 bits per heavy atom. The van der Waals surface area contributed by atoms with Crippen LogP contribution in [0, 0.1) is 13.8 Å². The molecule has 2 aromatic carbocycles. The van der Waals surface area contributed by atoms with E-state index in [1.54, 1.807) is 36.0 Å². The number of ether oxygens (including phenoxy) is 2. The summed E-state index contributed by atoms with van der Waals surface area (Å²) in [6, 6.07) is 18.2. The van der Waals surface area contributed by atoms with Gasteiger partial charge in [0.05, 0.1) is 23.9 Å². The van der Waals surface area contributed by atoms with E-state index in [4.69, 9.17) is 9.47 Å². The van der Waals surface area contributed by atoms with Crippen LogP contribution in [0.4, 0.5) is 5.13 Å². The zero-order valence-corrected chi connectivity index (χ0v) is 19.2. The Morgan fingerprint density at radius 3 is 2.65 bits per heavy atom. The van der Waals surface area contributed by atoms with Crippen LogP contribution in [0.1, 0.15) is 21.6 Å². The molecule has 0 saturated carbocycles. The number of thiazole rings is 1. The van der Waals surface area contributed by atoms with Crippen LogP contribution < -0.4 is 14.9 Å². The number of aryl methyl sites for hydroxylation is 2. The molecule has 7 heteroatoms. The monoisotopic (exact) mass is 449 g/mol. The number of hydrogen-bond acceptors (Lipinski definition) is 7. The van der Waals surface area contributed by atoms with Crippen molar-refractivity contribution in [3.63, 3.8) is 0 Å². The van der Waals surface area contributed by atoms with Crippen LogP contribution in [0.25, 0.3) is 10.6 Å². The second kappa shape index (κ2) is 9.76. The summed E-state index contributed by atoms with van der Waals surface area (Å²) in [5.41, 5.74) is 7.28. The highest BCUT2D eigenvalue weighted by Gasteiger charge is 2.10. The van der Waals surface area contributed by atoms with Gasteiger partial charge in [0.1, 0.15) is 6.61 Å². The van der Waals surface area contributed by atoms with Gasteiger partial charge in [0.2, 0.25) is 5.13 Å². The van der Waals surface area contributed by atoms with E-state index in [-0.39, 0.29) is 0 Å². The molecular formula is C24H23N3O2S2. The Kier molecular flexibility index (Phi) is 6.64. The summed E-state index contributed by atoms with van der Waals surface area (Å²) in [4.78, 5) is 6.98. The van der Waals surface area contributed by atoms with Gasteiger partial charge in [0, 0.05) is 4.88 Å². The molecular weight excluding hydrogens is 426 g/mol. The van der Waals surface area contributed by atoms with Crippen molar-refractivity contribution in [2.75, 3.05) is 12.5 Å². The minimum absolute atomic E-state index is 0.488. The maximum atomic E-state index is 5.94. The second-order valence-electron chi connectivity index (χ2n) is 6.96. The number of rotatable bonds is 8. The number of benzene rings is 2. The topological polar surface area (TPSA) is 55.7 Å². The average molecular weight is 450 g/mol. The Morgan fingerprint density at radius 1 is 1.06 bits per heavy atom. The van der Waals surface area contributed by atoms with Crippen LogP contribution in [0.5, 0.6) is 11.5 Å². The van der Waals surface area contributed by atoms with Gasteiger partial charge in [-0.3, -0.25) is 5.43 Å².